The molecule has 0 fully saturated rings. The molecule has 2 rings (SSSR count). The van der Waals surface area contributed by atoms with E-state index in [1.165, 1.54) is 4.88 Å². The third-order valence-electron chi connectivity index (χ3n) is 2.87. The lowest BCUT2D eigenvalue weighted by molar-refractivity contribution is 0.665. The molecule has 18 heavy (non-hydrogen) atoms. The Kier molecular flexibility index (Phi) is 3.71. The first kappa shape index (κ1) is 13.1. The molecule has 4 nitrogen and oxygen atoms in total. The number of nitrogens with two attached hydrogens (primary N) is 1. The van der Waals surface area contributed by atoms with Gasteiger partial charge in [0.25, 0.3) is 0 Å². The summed E-state index contributed by atoms with van der Waals surface area (Å²) in [5.74, 6) is 1.33. The van der Waals surface area contributed by atoms with E-state index in [9.17, 15) is 0 Å². The van der Waals surface area contributed by atoms with Gasteiger partial charge in [0.15, 0.2) is 0 Å². The maximum atomic E-state index is 5.83. The molecule has 0 aromatic carbocycles. The van der Waals surface area contributed by atoms with Gasteiger partial charge in [0.2, 0.25) is 5.95 Å². The van der Waals surface area contributed by atoms with Gasteiger partial charge in [-0.15, -0.1) is 11.3 Å². The second-order valence-electron chi connectivity index (χ2n) is 4.77. The first-order valence-corrected chi connectivity index (χ1v) is 7.15. The summed E-state index contributed by atoms with van der Waals surface area (Å²) in [6.07, 6.45) is 1.09. The predicted octanol–water partition coefficient (Wildman–Crippen LogP) is 3.21. The molecule has 2 heterocycles. The fourth-order valence-corrected chi connectivity index (χ4v) is 2.99. The first-order valence-electron chi connectivity index (χ1n) is 6.33. The topological polar surface area (TPSA) is 55.0 Å². The molecule has 0 spiro atoms. The van der Waals surface area contributed by atoms with Gasteiger partial charge in [0.1, 0.15) is 10.6 Å². The zero-order valence-electron chi connectivity index (χ0n) is 11.4. The maximum absolute atomic E-state index is 5.83. The molecule has 0 saturated heterocycles. The van der Waals surface area contributed by atoms with E-state index in [0.29, 0.717) is 12.0 Å². The number of anilines is 2. The molecule has 2 N–H and O–H groups in total. The smallest absolute Gasteiger partial charge is 0.223 e. The molecule has 2 aromatic rings. The highest BCUT2D eigenvalue weighted by molar-refractivity contribution is 7.18. The highest BCUT2D eigenvalue weighted by atomic mass is 32.1. The standard InChI is InChI=1S/C13H20N4S/c1-5-6-17(8(2)3)11-10-7-9(4)18-12(10)16-13(14)15-11/h7-8H,5-6H2,1-4H3,(H2,14,15,16). The number of hydrogen-bond acceptors (Lipinski definition) is 5. The number of hydrogen-bond donors (Lipinski definition) is 1. The van der Waals surface area contributed by atoms with Crippen molar-refractivity contribution >= 4 is 33.3 Å². The number of aryl methyl sites for hydroxylation is 1. The van der Waals surface area contributed by atoms with E-state index in [4.69, 9.17) is 5.73 Å². The van der Waals surface area contributed by atoms with Crippen molar-refractivity contribution in [2.24, 2.45) is 0 Å². The van der Waals surface area contributed by atoms with Crippen LogP contribution in [-0.2, 0) is 0 Å². The highest BCUT2D eigenvalue weighted by Crippen LogP contribution is 2.32. The Bertz CT molecular complexity index is 547. The highest BCUT2D eigenvalue weighted by Gasteiger charge is 2.17. The lowest BCUT2D eigenvalue weighted by Gasteiger charge is -2.28. The van der Waals surface area contributed by atoms with Gasteiger partial charge in [-0.1, -0.05) is 6.92 Å². The van der Waals surface area contributed by atoms with Crippen LogP contribution >= 0.6 is 11.3 Å². The van der Waals surface area contributed by atoms with Crippen molar-refractivity contribution in [3.63, 3.8) is 0 Å². The summed E-state index contributed by atoms with van der Waals surface area (Å²) in [6.45, 7) is 9.61. The summed E-state index contributed by atoms with van der Waals surface area (Å²) in [5, 5.41) is 1.12. The Morgan fingerprint density at radius 1 is 1.39 bits per heavy atom. The molecule has 0 aliphatic rings. The van der Waals surface area contributed by atoms with Gasteiger partial charge in [0.05, 0.1) is 5.39 Å². The SMILES string of the molecule is CCCN(c1nc(N)nc2sc(C)cc12)C(C)C. The van der Waals surface area contributed by atoms with Gasteiger partial charge in [-0.25, -0.2) is 4.98 Å². The monoisotopic (exact) mass is 264 g/mol. The molecule has 0 atom stereocenters. The Hall–Kier alpha value is -1.36. The van der Waals surface area contributed by atoms with Gasteiger partial charge < -0.3 is 10.6 Å². The molecule has 0 bridgehead atoms. The van der Waals surface area contributed by atoms with Crippen LogP contribution in [0.3, 0.4) is 0 Å². The Morgan fingerprint density at radius 2 is 2.11 bits per heavy atom. The van der Waals surface area contributed by atoms with E-state index in [1.807, 2.05) is 0 Å². The lowest BCUT2D eigenvalue weighted by atomic mass is 10.2. The molecule has 0 aliphatic heterocycles. The van der Waals surface area contributed by atoms with Crippen LogP contribution in [0.4, 0.5) is 11.8 Å². The van der Waals surface area contributed by atoms with Gasteiger partial charge in [0, 0.05) is 17.5 Å². The van der Waals surface area contributed by atoms with Gasteiger partial charge in [-0.3, -0.25) is 0 Å². The van der Waals surface area contributed by atoms with E-state index in [2.05, 4.69) is 48.6 Å². The van der Waals surface area contributed by atoms with Crippen LogP contribution in [0, 0.1) is 6.92 Å². The zero-order chi connectivity index (χ0) is 13.3. The molecule has 2 aromatic heterocycles. The van der Waals surface area contributed by atoms with Gasteiger partial charge in [-0.05, 0) is 33.3 Å². The number of aromatic nitrogens is 2. The van der Waals surface area contributed by atoms with Crippen LogP contribution in [0.1, 0.15) is 32.1 Å². The Balaban J connectivity index is 2.59. The fraction of sp³-hybridized carbons (Fsp3) is 0.538. The Labute approximate surface area is 112 Å². The van der Waals surface area contributed by atoms with Gasteiger partial charge in [-0.2, -0.15) is 4.98 Å². The minimum atomic E-state index is 0.362. The number of fused-ring (bicyclic) bond motifs is 1. The van der Waals surface area contributed by atoms with Crippen LogP contribution in [0.2, 0.25) is 0 Å². The number of nitrogens with zero attached hydrogens (tertiary/aromatic N) is 3. The molecule has 98 valence electrons. The van der Waals surface area contributed by atoms with E-state index in [-0.39, 0.29) is 0 Å². The summed E-state index contributed by atoms with van der Waals surface area (Å²) in [5.41, 5.74) is 5.83. The molecule has 0 amide bonds. The normalized spacial score (nSPS) is 11.4. The predicted molar refractivity (Wildman–Crippen MR) is 79.3 cm³/mol. The fourth-order valence-electron chi connectivity index (χ4n) is 2.11. The van der Waals surface area contributed by atoms with Crippen molar-refractivity contribution in [1.82, 2.24) is 9.97 Å². The third-order valence-corrected chi connectivity index (χ3v) is 3.82. The molecule has 0 radical (unpaired) electrons. The lowest BCUT2D eigenvalue weighted by Crippen LogP contribution is -2.32. The minimum absolute atomic E-state index is 0.362. The van der Waals surface area contributed by atoms with E-state index in [0.717, 1.165) is 29.0 Å². The third kappa shape index (κ3) is 2.41. The van der Waals surface area contributed by atoms with Crippen LogP contribution in [0.25, 0.3) is 10.2 Å². The van der Waals surface area contributed by atoms with Crippen molar-refractivity contribution in [1.29, 1.82) is 0 Å². The number of thiophene rings is 1. The average Bonchev–Trinajstić information content (AvgIpc) is 2.64. The van der Waals surface area contributed by atoms with Crippen molar-refractivity contribution in [2.45, 2.75) is 40.2 Å². The van der Waals surface area contributed by atoms with E-state index < -0.39 is 0 Å². The average molecular weight is 264 g/mol. The van der Waals surface area contributed by atoms with Crippen molar-refractivity contribution < 1.29 is 0 Å². The summed E-state index contributed by atoms with van der Waals surface area (Å²) in [7, 11) is 0. The second-order valence-corrected chi connectivity index (χ2v) is 6.00. The summed E-state index contributed by atoms with van der Waals surface area (Å²) >= 11 is 1.67. The quantitative estimate of drug-likeness (QED) is 0.921. The van der Waals surface area contributed by atoms with E-state index in [1.54, 1.807) is 11.3 Å². The van der Waals surface area contributed by atoms with Crippen LogP contribution in [0.15, 0.2) is 6.07 Å². The summed E-state index contributed by atoms with van der Waals surface area (Å²) in [4.78, 5) is 13.3. The van der Waals surface area contributed by atoms with Crippen molar-refractivity contribution in [3.05, 3.63) is 10.9 Å². The van der Waals surface area contributed by atoms with Crippen LogP contribution in [-0.4, -0.2) is 22.6 Å². The van der Waals surface area contributed by atoms with Crippen LogP contribution < -0.4 is 10.6 Å². The molecule has 0 aliphatic carbocycles. The first-order chi connectivity index (χ1) is 8.52. The van der Waals surface area contributed by atoms with E-state index >= 15 is 0 Å². The summed E-state index contributed by atoms with van der Waals surface area (Å²) in [6, 6.07) is 2.56. The molecular weight excluding hydrogens is 244 g/mol. The molecular formula is C13H20N4S. The number of rotatable bonds is 4. The maximum Gasteiger partial charge on any atom is 0.223 e. The molecule has 0 saturated carbocycles. The Morgan fingerprint density at radius 3 is 2.72 bits per heavy atom. The van der Waals surface area contributed by atoms with Crippen molar-refractivity contribution in [2.75, 3.05) is 17.2 Å². The largest absolute Gasteiger partial charge is 0.368 e. The summed E-state index contributed by atoms with van der Waals surface area (Å²) < 4.78 is 0. The van der Waals surface area contributed by atoms with Crippen LogP contribution in [0.5, 0.6) is 0 Å². The van der Waals surface area contributed by atoms with Crippen molar-refractivity contribution in [3.8, 4) is 0 Å². The zero-order valence-corrected chi connectivity index (χ0v) is 12.2. The minimum Gasteiger partial charge on any atom is -0.368 e. The van der Waals surface area contributed by atoms with Gasteiger partial charge >= 0.3 is 0 Å². The molecule has 5 heteroatoms. The second kappa shape index (κ2) is 5.10. The molecule has 0 unspecified atom stereocenters. The number of nitrogen functional groups attached to an aromatic ring is 1.